The SMILES string of the molecule is CCCC(C)(C=O)CN1CCC[C@H]2CCCC[C@H]21. The minimum atomic E-state index is -0.117. The van der Waals surface area contributed by atoms with Crippen LogP contribution in [0.4, 0.5) is 0 Å². The summed E-state index contributed by atoms with van der Waals surface area (Å²) in [5, 5.41) is 0. The van der Waals surface area contributed by atoms with E-state index in [2.05, 4.69) is 18.7 Å². The quantitative estimate of drug-likeness (QED) is 0.695. The first-order valence-corrected chi connectivity index (χ1v) is 7.89. The van der Waals surface area contributed by atoms with Gasteiger partial charge in [0.15, 0.2) is 0 Å². The van der Waals surface area contributed by atoms with Crippen LogP contribution in [0.1, 0.15) is 65.2 Å². The van der Waals surface area contributed by atoms with Crippen LogP contribution in [0.15, 0.2) is 0 Å². The van der Waals surface area contributed by atoms with Gasteiger partial charge in [-0.05, 0) is 44.6 Å². The van der Waals surface area contributed by atoms with Crippen LogP contribution in [-0.2, 0) is 4.79 Å². The fourth-order valence-corrected chi connectivity index (χ4v) is 4.13. The Morgan fingerprint density at radius 2 is 1.94 bits per heavy atom. The molecule has 1 aliphatic heterocycles. The van der Waals surface area contributed by atoms with Crippen molar-refractivity contribution in [1.82, 2.24) is 4.90 Å². The second-order valence-corrected chi connectivity index (χ2v) is 6.75. The summed E-state index contributed by atoms with van der Waals surface area (Å²) in [5.41, 5.74) is -0.117. The summed E-state index contributed by atoms with van der Waals surface area (Å²) in [7, 11) is 0. The number of fused-ring (bicyclic) bond motifs is 1. The van der Waals surface area contributed by atoms with E-state index in [0.29, 0.717) is 0 Å². The fourth-order valence-electron chi connectivity index (χ4n) is 4.13. The summed E-state index contributed by atoms with van der Waals surface area (Å²) in [6.45, 7) is 6.54. The van der Waals surface area contributed by atoms with Gasteiger partial charge < -0.3 is 4.79 Å². The molecule has 2 rings (SSSR count). The summed E-state index contributed by atoms with van der Waals surface area (Å²) >= 11 is 0. The first-order valence-electron chi connectivity index (χ1n) is 7.89. The molecule has 0 amide bonds. The molecular weight excluding hydrogens is 222 g/mol. The number of carbonyl (C=O) groups is 1. The van der Waals surface area contributed by atoms with Gasteiger partial charge in [0, 0.05) is 18.0 Å². The Hall–Kier alpha value is -0.370. The standard InChI is InChI=1S/C16H29NO/c1-3-10-16(2,13-18)12-17-11-6-8-14-7-4-5-9-15(14)17/h13-15H,3-12H2,1-2H3/t14-,15-,16?/m1/s1. The van der Waals surface area contributed by atoms with Gasteiger partial charge in [-0.3, -0.25) is 4.90 Å². The number of piperidine rings is 1. The molecule has 1 saturated carbocycles. The van der Waals surface area contributed by atoms with Crippen molar-refractivity contribution in [2.24, 2.45) is 11.3 Å². The predicted octanol–water partition coefficient (Wildman–Crippen LogP) is 3.65. The highest BCUT2D eigenvalue weighted by Crippen LogP contribution is 2.37. The third-order valence-corrected chi connectivity index (χ3v) is 5.03. The lowest BCUT2D eigenvalue weighted by atomic mass is 9.76. The van der Waals surface area contributed by atoms with Gasteiger partial charge in [0.25, 0.3) is 0 Å². The minimum Gasteiger partial charge on any atom is -0.303 e. The van der Waals surface area contributed by atoms with E-state index in [1.165, 1.54) is 51.4 Å². The number of hydrogen-bond acceptors (Lipinski definition) is 2. The van der Waals surface area contributed by atoms with E-state index in [9.17, 15) is 4.79 Å². The molecule has 18 heavy (non-hydrogen) atoms. The van der Waals surface area contributed by atoms with Crippen LogP contribution in [0.3, 0.4) is 0 Å². The number of aldehydes is 1. The van der Waals surface area contributed by atoms with Crippen molar-refractivity contribution in [3.8, 4) is 0 Å². The van der Waals surface area contributed by atoms with E-state index in [1.807, 2.05) is 0 Å². The van der Waals surface area contributed by atoms with Crippen LogP contribution in [0.2, 0.25) is 0 Å². The van der Waals surface area contributed by atoms with Gasteiger partial charge >= 0.3 is 0 Å². The average molecular weight is 251 g/mol. The van der Waals surface area contributed by atoms with Crippen molar-refractivity contribution in [3.05, 3.63) is 0 Å². The number of nitrogens with zero attached hydrogens (tertiary/aromatic N) is 1. The largest absolute Gasteiger partial charge is 0.303 e. The topological polar surface area (TPSA) is 20.3 Å². The predicted molar refractivity (Wildman–Crippen MR) is 75.6 cm³/mol. The smallest absolute Gasteiger partial charge is 0.127 e. The van der Waals surface area contributed by atoms with Crippen LogP contribution in [-0.4, -0.2) is 30.3 Å². The molecule has 0 N–H and O–H groups in total. The molecule has 104 valence electrons. The number of rotatable bonds is 5. The van der Waals surface area contributed by atoms with Gasteiger partial charge in [0.1, 0.15) is 6.29 Å². The highest BCUT2D eigenvalue weighted by Gasteiger charge is 2.36. The number of hydrogen-bond donors (Lipinski definition) is 0. The zero-order valence-electron chi connectivity index (χ0n) is 12.2. The molecule has 1 heterocycles. The molecule has 1 aliphatic carbocycles. The Morgan fingerprint density at radius 3 is 2.67 bits per heavy atom. The Labute approximate surface area is 112 Å². The summed E-state index contributed by atoms with van der Waals surface area (Å²) in [5.74, 6) is 0.921. The van der Waals surface area contributed by atoms with Gasteiger partial charge in [0.2, 0.25) is 0 Å². The van der Waals surface area contributed by atoms with Crippen molar-refractivity contribution < 1.29 is 4.79 Å². The zero-order valence-corrected chi connectivity index (χ0v) is 12.2. The van der Waals surface area contributed by atoms with Gasteiger partial charge in [0.05, 0.1) is 0 Å². The van der Waals surface area contributed by atoms with Crippen molar-refractivity contribution in [3.63, 3.8) is 0 Å². The lowest BCUT2D eigenvalue weighted by Gasteiger charge is -2.46. The molecule has 0 aromatic carbocycles. The fraction of sp³-hybridized carbons (Fsp3) is 0.938. The van der Waals surface area contributed by atoms with Crippen molar-refractivity contribution in [2.45, 2.75) is 71.3 Å². The Balaban J connectivity index is 2.00. The molecule has 0 aromatic rings. The van der Waals surface area contributed by atoms with E-state index < -0.39 is 0 Å². The summed E-state index contributed by atoms with van der Waals surface area (Å²) in [4.78, 5) is 14.1. The van der Waals surface area contributed by atoms with Crippen molar-refractivity contribution >= 4 is 6.29 Å². The summed E-state index contributed by atoms with van der Waals surface area (Å²) < 4.78 is 0. The van der Waals surface area contributed by atoms with E-state index >= 15 is 0 Å². The molecule has 2 fully saturated rings. The molecule has 1 unspecified atom stereocenters. The molecule has 0 bridgehead atoms. The maximum atomic E-state index is 11.4. The van der Waals surface area contributed by atoms with E-state index in [4.69, 9.17) is 0 Å². The molecular formula is C16H29NO. The first kappa shape index (κ1) is 14.0. The maximum Gasteiger partial charge on any atom is 0.127 e. The molecule has 0 spiro atoms. The average Bonchev–Trinajstić information content (AvgIpc) is 2.39. The monoisotopic (exact) mass is 251 g/mol. The van der Waals surface area contributed by atoms with Gasteiger partial charge in [-0.2, -0.15) is 0 Å². The van der Waals surface area contributed by atoms with Crippen LogP contribution in [0, 0.1) is 11.3 Å². The number of carbonyl (C=O) groups excluding carboxylic acids is 1. The van der Waals surface area contributed by atoms with Gasteiger partial charge in [-0.25, -0.2) is 0 Å². The molecule has 0 aromatic heterocycles. The third-order valence-electron chi connectivity index (χ3n) is 5.03. The van der Waals surface area contributed by atoms with Gasteiger partial charge in [-0.1, -0.05) is 33.1 Å². The third kappa shape index (κ3) is 3.14. The summed E-state index contributed by atoms with van der Waals surface area (Å²) in [6, 6.07) is 0.781. The Kier molecular flexibility index (Phi) is 4.83. The molecule has 0 radical (unpaired) electrons. The lowest BCUT2D eigenvalue weighted by Crippen LogP contribution is -2.50. The molecule has 2 nitrogen and oxygen atoms in total. The first-order chi connectivity index (χ1) is 8.68. The normalized spacial score (nSPS) is 32.6. The Bertz CT molecular complexity index is 276. The Morgan fingerprint density at radius 1 is 1.22 bits per heavy atom. The molecule has 3 atom stereocenters. The van der Waals surface area contributed by atoms with Crippen LogP contribution in [0.5, 0.6) is 0 Å². The maximum absolute atomic E-state index is 11.4. The van der Waals surface area contributed by atoms with Crippen LogP contribution >= 0.6 is 0 Å². The van der Waals surface area contributed by atoms with E-state index in [1.54, 1.807) is 0 Å². The summed E-state index contributed by atoms with van der Waals surface area (Å²) in [6.07, 6.45) is 11.7. The number of likely N-dealkylation sites (tertiary alicyclic amines) is 1. The van der Waals surface area contributed by atoms with Crippen LogP contribution in [0.25, 0.3) is 0 Å². The second kappa shape index (κ2) is 6.18. The minimum absolute atomic E-state index is 0.117. The molecule has 2 aliphatic rings. The van der Waals surface area contributed by atoms with Crippen molar-refractivity contribution in [1.29, 1.82) is 0 Å². The van der Waals surface area contributed by atoms with E-state index in [-0.39, 0.29) is 5.41 Å². The highest BCUT2D eigenvalue weighted by molar-refractivity contribution is 5.59. The zero-order chi connectivity index (χ0) is 13.0. The lowest BCUT2D eigenvalue weighted by molar-refractivity contribution is -0.118. The highest BCUT2D eigenvalue weighted by atomic mass is 16.1. The van der Waals surface area contributed by atoms with Crippen molar-refractivity contribution in [2.75, 3.05) is 13.1 Å². The van der Waals surface area contributed by atoms with Crippen LogP contribution < -0.4 is 0 Å². The second-order valence-electron chi connectivity index (χ2n) is 6.75. The molecule has 2 heteroatoms. The van der Waals surface area contributed by atoms with Gasteiger partial charge in [-0.15, -0.1) is 0 Å². The molecule has 1 saturated heterocycles. The van der Waals surface area contributed by atoms with E-state index in [0.717, 1.165) is 31.3 Å².